The van der Waals surface area contributed by atoms with Gasteiger partial charge in [0.15, 0.2) is 0 Å². The van der Waals surface area contributed by atoms with Gasteiger partial charge in [-0.2, -0.15) is 36.4 Å². The van der Waals surface area contributed by atoms with Crippen molar-refractivity contribution < 1.29 is 0 Å². The van der Waals surface area contributed by atoms with E-state index in [0.717, 1.165) is 0 Å². The van der Waals surface area contributed by atoms with Crippen molar-refractivity contribution >= 4 is 23.1 Å². The maximum Gasteiger partial charge on any atom is 2.00 e. The van der Waals surface area contributed by atoms with E-state index in [1.165, 1.54) is 0 Å². The first-order chi connectivity index (χ1) is 4.00. The van der Waals surface area contributed by atoms with Gasteiger partial charge in [-0.15, -0.1) is 0 Å². The second-order valence-corrected chi connectivity index (χ2v) is 1.08. The van der Waals surface area contributed by atoms with Gasteiger partial charge >= 0.3 is 23.1 Å². The number of hydrogen-bond acceptors (Lipinski definition) is 0. The molecule has 0 saturated heterocycles. The predicted molar refractivity (Wildman–Crippen MR) is 41.0 cm³/mol. The summed E-state index contributed by atoms with van der Waals surface area (Å²) in [6.07, 6.45) is 0. The normalized spacial score (nSPS) is 5.78. The second-order valence-electron chi connectivity index (χ2n) is 1.08. The fourth-order valence-corrected chi connectivity index (χ4v) is 0.342. The molecule has 0 heterocycles. The Morgan fingerprint density at radius 2 is 1.44 bits per heavy atom. The quantitative estimate of drug-likeness (QED) is 0.369. The number of rotatable bonds is 0. The first kappa shape index (κ1) is 11.5. The van der Waals surface area contributed by atoms with E-state index in [9.17, 15) is 0 Å². The van der Waals surface area contributed by atoms with Crippen LogP contribution in [-0.4, -0.2) is 23.1 Å². The van der Waals surface area contributed by atoms with Gasteiger partial charge in [-0.1, -0.05) is 0 Å². The summed E-state index contributed by atoms with van der Waals surface area (Å²) < 4.78 is 0. The molecule has 1 aromatic rings. The summed E-state index contributed by atoms with van der Waals surface area (Å²) in [7, 11) is 0. The molecule has 0 unspecified atom stereocenters. The van der Waals surface area contributed by atoms with Crippen LogP contribution < -0.4 is 0 Å². The van der Waals surface area contributed by atoms with E-state index in [2.05, 4.69) is 19.2 Å². The molecule has 1 rings (SSSR count). The minimum atomic E-state index is 0. The van der Waals surface area contributed by atoms with Crippen molar-refractivity contribution in [3.63, 3.8) is 0 Å². The van der Waals surface area contributed by atoms with Crippen molar-refractivity contribution in [1.82, 2.24) is 0 Å². The molecule has 0 spiro atoms. The van der Waals surface area contributed by atoms with Crippen molar-refractivity contribution in [1.29, 1.82) is 0 Å². The summed E-state index contributed by atoms with van der Waals surface area (Å²) in [6, 6.07) is 12.5. The molecule has 0 radical (unpaired) electrons. The van der Waals surface area contributed by atoms with Crippen molar-refractivity contribution in [3.8, 4) is 0 Å². The van der Waals surface area contributed by atoms with Gasteiger partial charge in [-0.05, 0) is 0 Å². The molecule has 0 fully saturated rings. The summed E-state index contributed by atoms with van der Waals surface area (Å²) in [5.41, 5.74) is 0. The fourth-order valence-electron chi connectivity index (χ4n) is 0.342. The maximum atomic E-state index is 4.25. The summed E-state index contributed by atoms with van der Waals surface area (Å²) in [5, 5.41) is 0. The third-order valence-corrected chi connectivity index (χ3v) is 0.607. The van der Waals surface area contributed by atoms with E-state index in [0.29, 0.717) is 0 Å². The molecule has 0 aliphatic rings. The molecule has 0 aromatic heterocycles. The topological polar surface area (TPSA) is 0 Å². The molecule has 42 valence electrons. The van der Waals surface area contributed by atoms with E-state index in [1.807, 2.05) is 30.3 Å². The first-order valence-electron chi connectivity index (χ1n) is 2.32. The zero-order valence-corrected chi connectivity index (χ0v) is 6.79. The molecule has 0 amide bonds. The molecule has 0 saturated carbocycles. The minimum absolute atomic E-state index is 0. The standard InChI is InChI=1S/C6H5.C2H3.Mg/c1-2-4-6-5-3-1;1-2;/h1-5H;1H,2H2;/q2*-1;+2. The van der Waals surface area contributed by atoms with Crippen LogP contribution in [0.3, 0.4) is 0 Å². The minimum Gasteiger partial charge on any atom is -0.521 e. The molecule has 1 heteroatoms. The Labute approximate surface area is 72.7 Å². The van der Waals surface area contributed by atoms with Crippen molar-refractivity contribution in [2.75, 3.05) is 0 Å². The third-order valence-electron chi connectivity index (χ3n) is 0.607. The SMILES string of the molecule is [CH-]=C.[Mg+2].[c-]1ccccc1. The van der Waals surface area contributed by atoms with Crippen molar-refractivity contribution in [2.45, 2.75) is 0 Å². The molecule has 0 bridgehead atoms. The van der Waals surface area contributed by atoms with Crippen LogP contribution in [0.1, 0.15) is 0 Å². The van der Waals surface area contributed by atoms with Crippen LogP contribution in [0.2, 0.25) is 0 Å². The molecule has 0 nitrogen and oxygen atoms in total. The van der Waals surface area contributed by atoms with E-state index >= 15 is 0 Å². The van der Waals surface area contributed by atoms with Crippen LogP contribution in [-0.2, 0) is 0 Å². The van der Waals surface area contributed by atoms with Gasteiger partial charge in [0.25, 0.3) is 0 Å². The monoisotopic (exact) mass is 128 g/mol. The van der Waals surface area contributed by atoms with E-state index in [1.54, 1.807) is 0 Å². The van der Waals surface area contributed by atoms with Gasteiger partial charge in [0, 0.05) is 0 Å². The maximum absolute atomic E-state index is 4.25. The fraction of sp³-hybridized carbons (Fsp3) is 0. The van der Waals surface area contributed by atoms with E-state index < -0.39 is 0 Å². The van der Waals surface area contributed by atoms with Crippen LogP contribution in [0.15, 0.2) is 36.9 Å². The summed E-state index contributed by atoms with van der Waals surface area (Å²) >= 11 is 0. The molecule has 0 atom stereocenters. The molecule has 0 aliphatic heterocycles. The second kappa shape index (κ2) is 10.7. The first-order valence-corrected chi connectivity index (χ1v) is 2.32. The number of hydrogen-bond donors (Lipinski definition) is 0. The molecule has 9 heavy (non-hydrogen) atoms. The smallest absolute Gasteiger partial charge is 0.521 e. The Morgan fingerprint density at radius 1 is 1.00 bits per heavy atom. The average molecular weight is 128 g/mol. The zero-order chi connectivity index (χ0) is 6.24. The van der Waals surface area contributed by atoms with Gasteiger partial charge in [-0.3, -0.25) is 6.58 Å². The molecular formula is C8H8Mg. The van der Waals surface area contributed by atoms with E-state index in [-0.39, 0.29) is 23.1 Å². The third kappa shape index (κ3) is 7.73. The molecule has 1 aromatic carbocycles. The van der Waals surface area contributed by atoms with Crippen LogP contribution in [0.25, 0.3) is 0 Å². The van der Waals surface area contributed by atoms with Crippen LogP contribution >= 0.6 is 0 Å². The summed E-state index contributed by atoms with van der Waals surface area (Å²) in [6.45, 7) is 7.00. The van der Waals surface area contributed by atoms with Gasteiger partial charge in [0.05, 0.1) is 0 Å². The van der Waals surface area contributed by atoms with Crippen LogP contribution in [0.5, 0.6) is 0 Å². The molecule has 0 N–H and O–H groups in total. The Bertz CT molecular complexity index is 87.4. The van der Waals surface area contributed by atoms with Gasteiger partial charge < -0.3 is 6.58 Å². The Kier molecular flexibility index (Phi) is 13.6. The van der Waals surface area contributed by atoms with Gasteiger partial charge in [-0.25, -0.2) is 0 Å². The Balaban J connectivity index is 0. The van der Waals surface area contributed by atoms with Crippen molar-refractivity contribution in [2.24, 2.45) is 0 Å². The Hall–Kier alpha value is -0.274. The number of benzene rings is 1. The summed E-state index contributed by atoms with van der Waals surface area (Å²) in [4.78, 5) is 0. The Morgan fingerprint density at radius 3 is 1.56 bits per heavy atom. The van der Waals surface area contributed by atoms with Crippen LogP contribution in [0.4, 0.5) is 0 Å². The van der Waals surface area contributed by atoms with Crippen molar-refractivity contribution in [3.05, 3.63) is 49.6 Å². The largest absolute Gasteiger partial charge is 2.00 e. The molecular weight excluding hydrogens is 120 g/mol. The van der Waals surface area contributed by atoms with Gasteiger partial charge in [0.1, 0.15) is 0 Å². The molecule has 0 aliphatic carbocycles. The zero-order valence-electron chi connectivity index (χ0n) is 5.38. The van der Waals surface area contributed by atoms with Crippen LogP contribution in [0, 0.1) is 12.6 Å². The van der Waals surface area contributed by atoms with Gasteiger partial charge in [0.2, 0.25) is 0 Å². The predicted octanol–water partition coefficient (Wildman–Crippen LogP) is 1.71. The van der Waals surface area contributed by atoms with E-state index in [4.69, 9.17) is 0 Å². The average Bonchev–Trinajstić information content (AvgIpc) is 1.96. The summed E-state index contributed by atoms with van der Waals surface area (Å²) in [5.74, 6) is 0.